The lowest BCUT2D eigenvalue weighted by molar-refractivity contribution is -0.140. The van der Waals surface area contributed by atoms with E-state index < -0.39 is 17.2 Å². The summed E-state index contributed by atoms with van der Waals surface area (Å²) < 4.78 is 46.3. The second-order valence-corrected chi connectivity index (χ2v) is 8.14. The average molecular weight is 450 g/mol. The highest BCUT2D eigenvalue weighted by Crippen LogP contribution is 2.40. The van der Waals surface area contributed by atoms with Gasteiger partial charge < -0.3 is 9.64 Å². The van der Waals surface area contributed by atoms with Crippen molar-refractivity contribution >= 4 is 11.6 Å². The van der Waals surface area contributed by atoms with Crippen molar-refractivity contribution in [3.63, 3.8) is 0 Å². The van der Waals surface area contributed by atoms with Crippen molar-refractivity contribution < 1.29 is 22.7 Å². The molecule has 32 heavy (non-hydrogen) atoms. The molecule has 8 heteroatoms. The summed E-state index contributed by atoms with van der Waals surface area (Å²) >= 11 is 0. The van der Waals surface area contributed by atoms with Gasteiger partial charge in [-0.25, -0.2) is 18.2 Å². The molecule has 5 nitrogen and oxygen atoms in total. The molecule has 174 valence electrons. The number of hydrogen-bond donors (Lipinski definition) is 0. The zero-order chi connectivity index (χ0) is 24.1. The van der Waals surface area contributed by atoms with Crippen LogP contribution in [0.25, 0.3) is 0 Å². The molecule has 1 aromatic heterocycles. The van der Waals surface area contributed by atoms with Crippen LogP contribution < -0.4 is 4.74 Å². The minimum Gasteiger partial charge on any atom is -0.475 e. The Balaban J connectivity index is 2.14. The molecule has 1 aromatic rings. The number of carbonyl (C=O) groups is 1. The molecule has 2 atom stereocenters. The van der Waals surface area contributed by atoms with Gasteiger partial charge in [0.15, 0.2) is 0 Å². The number of ether oxygens (including phenoxy) is 1. The van der Waals surface area contributed by atoms with Crippen LogP contribution in [0.3, 0.4) is 0 Å². The van der Waals surface area contributed by atoms with Crippen molar-refractivity contribution in [3.05, 3.63) is 59.6 Å². The van der Waals surface area contributed by atoms with E-state index in [1.54, 1.807) is 45.0 Å². The molecule has 1 amide bonds. The fraction of sp³-hybridized carbons (Fsp3) is 0.458. The standard InChI is InChI=1S/C24H30F3N3O2/c1-7-8-20(28-5)19-13-18(25)11-12-23(19,3)22(31)30(6)16(2)15-32-21-10-9-17(14-29-21)24(4,26)27/h7-11,13-14,16H,12,15H2,1-6H3/b8-7-,28-20?/t16-,23?/m0/s1. The second kappa shape index (κ2) is 10.1. The second-order valence-electron chi connectivity index (χ2n) is 8.14. The predicted octanol–water partition coefficient (Wildman–Crippen LogP) is 5.26. The third-order valence-electron chi connectivity index (χ3n) is 5.59. The molecule has 1 aliphatic rings. The Labute approximate surface area is 187 Å². The van der Waals surface area contributed by atoms with E-state index in [0.29, 0.717) is 11.3 Å². The number of pyridine rings is 1. The number of carbonyl (C=O) groups excluding carboxylic acids is 1. The van der Waals surface area contributed by atoms with Gasteiger partial charge in [-0.05, 0) is 57.1 Å². The minimum atomic E-state index is -2.98. The Kier molecular flexibility index (Phi) is 8.04. The van der Waals surface area contributed by atoms with Crippen LogP contribution in [-0.4, -0.2) is 48.2 Å². The van der Waals surface area contributed by atoms with E-state index >= 15 is 0 Å². The molecular weight excluding hydrogens is 419 g/mol. The van der Waals surface area contributed by atoms with Crippen molar-refractivity contribution in [1.82, 2.24) is 9.88 Å². The summed E-state index contributed by atoms with van der Waals surface area (Å²) in [5.74, 6) is -3.40. The summed E-state index contributed by atoms with van der Waals surface area (Å²) in [6, 6.07) is 2.28. The van der Waals surface area contributed by atoms with Gasteiger partial charge in [0.25, 0.3) is 5.92 Å². The fourth-order valence-corrected chi connectivity index (χ4v) is 3.40. The molecule has 0 fully saturated rings. The molecule has 0 radical (unpaired) electrons. The first-order valence-electron chi connectivity index (χ1n) is 10.4. The molecule has 1 unspecified atom stereocenters. The monoisotopic (exact) mass is 449 g/mol. The maximum Gasteiger partial charge on any atom is 0.272 e. The quantitative estimate of drug-likeness (QED) is 0.509. The summed E-state index contributed by atoms with van der Waals surface area (Å²) in [5, 5.41) is 0. The molecule has 1 aliphatic carbocycles. The van der Waals surface area contributed by atoms with E-state index in [-0.39, 0.29) is 36.4 Å². The first-order chi connectivity index (χ1) is 14.9. The average Bonchev–Trinajstić information content (AvgIpc) is 2.76. The third-order valence-corrected chi connectivity index (χ3v) is 5.59. The molecule has 0 saturated heterocycles. The summed E-state index contributed by atoms with van der Waals surface area (Å²) in [6.07, 6.45) is 7.56. The Morgan fingerprint density at radius 2 is 2.12 bits per heavy atom. The van der Waals surface area contributed by atoms with Gasteiger partial charge in [0.2, 0.25) is 11.8 Å². The van der Waals surface area contributed by atoms with Crippen LogP contribution in [0.2, 0.25) is 0 Å². The predicted molar refractivity (Wildman–Crippen MR) is 120 cm³/mol. The normalized spacial score (nSPS) is 20.6. The van der Waals surface area contributed by atoms with Crippen LogP contribution in [0.4, 0.5) is 13.2 Å². The summed E-state index contributed by atoms with van der Waals surface area (Å²) in [5.41, 5.74) is -0.147. The number of likely N-dealkylation sites (N-methyl/N-ethyl adjacent to an activating group) is 1. The molecule has 0 aliphatic heterocycles. The van der Waals surface area contributed by atoms with Crippen molar-refractivity contribution in [1.29, 1.82) is 0 Å². The zero-order valence-electron chi connectivity index (χ0n) is 19.3. The number of alkyl halides is 2. The van der Waals surface area contributed by atoms with Crippen LogP contribution in [0.1, 0.15) is 39.7 Å². The van der Waals surface area contributed by atoms with Gasteiger partial charge in [-0.2, -0.15) is 0 Å². The van der Waals surface area contributed by atoms with Crippen molar-refractivity contribution in [2.24, 2.45) is 10.4 Å². The highest BCUT2D eigenvalue weighted by Gasteiger charge is 2.42. The molecule has 1 heterocycles. The zero-order valence-corrected chi connectivity index (χ0v) is 19.3. The van der Waals surface area contributed by atoms with Crippen LogP contribution >= 0.6 is 0 Å². The van der Waals surface area contributed by atoms with Gasteiger partial charge in [0.05, 0.1) is 17.2 Å². The van der Waals surface area contributed by atoms with Gasteiger partial charge in [-0.15, -0.1) is 0 Å². The number of amides is 1. The first kappa shape index (κ1) is 25.4. The number of aromatic nitrogens is 1. The maximum absolute atomic E-state index is 14.1. The molecule has 0 aromatic carbocycles. The number of nitrogens with zero attached hydrogens (tertiary/aromatic N) is 3. The number of halogens is 3. The molecular formula is C24H30F3N3O2. The number of hydrogen-bond acceptors (Lipinski definition) is 4. The third kappa shape index (κ3) is 5.66. The summed E-state index contributed by atoms with van der Waals surface area (Å²) in [4.78, 5) is 23.2. The smallest absolute Gasteiger partial charge is 0.272 e. The van der Waals surface area contributed by atoms with E-state index in [9.17, 15) is 18.0 Å². The van der Waals surface area contributed by atoms with Crippen molar-refractivity contribution in [3.8, 4) is 5.88 Å². The van der Waals surface area contributed by atoms with E-state index in [0.717, 1.165) is 13.1 Å². The van der Waals surface area contributed by atoms with Gasteiger partial charge >= 0.3 is 0 Å². The van der Waals surface area contributed by atoms with Crippen LogP contribution in [-0.2, 0) is 10.7 Å². The van der Waals surface area contributed by atoms with Crippen molar-refractivity contribution in [2.45, 2.75) is 46.1 Å². The summed E-state index contributed by atoms with van der Waals surface area (Å²) in [6.45, 7) is 6.31. The van der Waals surface area contributed by atoms with E-state index in [4.69, 9.17) is 4.74 Å². The molecule has 0 saturated carbocycles. The maximum atomic E-state index is 14.1. The molecule has 0 N–H and O–H groups in total. The van der Waals surface area contributed by atoms with Gasteiger partial charge in [-0.3, -0.25) is 9.79 Å². The summed E-state index contributed by atoms with van der Waals surface area (Å²) in [7, 11) is 3.25. The van der Waals surface area contributed by atoms with E-state index in [2.05, 4.69) is 9.98 Å². The number of allylic oxidation sites excluding steroid dienone is 5. The SMILES string of the molecule is C/C=C\C(=NC)C1=CC(F)=CCC1(C)C(=O)N(C)[C@@H](C)COc1ccc(C(C)(F)F)cn1. The molecule has 0 spiro atoms. The Morgan fingerprint density at radius 3 is 2.66 bits per heavy atom. The number of aliphatic imine (C=N–C) groups is 1. The van der Waals surface area contributed by atoms with Gasteiger partial charge in [0, 0.05) is 38.8 Å². The highest BCUT2D eigenvalue weighted by atomic mass is 19.3. The van der Waals surface area contributed by atoms with Gasteiger partial charge in [0.1, 0.15) is 12.4 Å². The fourth-order valence-electron chi connectivity index (χ4n) is 3.40. The van der Waals surface area contributed by atoms with Crippen LogP contribution in [0.5, 0.6) is 5.88 Å². The molecule has 2 rings (SSSR count). The Morgan fingerprint density at radius 1 is 1.44 bits per heavy atom. The highest BCUT2D eigenvalue weighted by molar-refractivity contribution is 6.13. The van der Waals surface area contributed by atoms with Crippen LogP contribution in [0.15, 0.2) is 59.0 Å². The van der Waals surface area contributed by atoms with Crippen molar-refractivity contribution in [2.75, 3.05) is 20.7 Å². The lowest BCUT2D eigenvalue weighted by Crippen LogP contribution is -2.48. The number of rotatable bonds is 8. The van der Waals surface area contributed by atoms with E-state index in [1.807, 2.05) is 6.92 Å². The topological polar surface area (TPSA) is 54.8 Å². The minimum absolute atomic E-state index is 0.111. The van der Waals surface area contributed by atoms with Gasteiger partial charge in [-0.1, -0.05) is 6.08 Å². The Bertz CT molecular complexity index is 946. The molecule has 0 bridgehead atoms. The lowest BCUT2D eigenvalue weighted by atomic mass is 9.72. The first-order valence-corrected chi connectivity index (χ1v) is 10.4. The lowest BCUT2D eigenvalue weighted by Gasteiger charge is -2.38. The van der Waals surface area contributed by atoms with Crippen LogP contribution in [0, 0.1) is 5.41 Å². The Hall–Kier alpha value is -2.90. The van der Waals surface area contributed by atoms with E-state index in [1.165, 1.54) is 24.3 Å². The largest absolute Gasteiger partial charge is 0.475 e.